The smallest absolute Gasteiger partial charge is 0.133 e. The Morgan fingerprint density at radius 1 is 1.53 bits per heavy atom. The molecule has 1 aromatic rings. The standard InChI is InChI=1S/C12H20ClN3O/c1-4-10(17)5-6-12-11(13)9-14-16(12)8-7-15(2)3/h9H,4-8H2,1-3H3. The summed E-state index contributed by atoms with van der Waals surface area (Å²) >= 11 is 6.08. The number of carbonyl (C=O) groups excluding carboxylic acids is 1. The highest BCUT2D eigenvalue weighted by atomic mass is 35.5. The molecule has 96 valence electrons. The molecule has 1 aromatic heterocycles. The van der Waals surface area contributed by atoms with Gasteiger partial charge in [-0.25, -0.2) is 0 Å². The molecule has 0 aromatic carbocycles. The summed E-state index contributed by atoms with van der Waals surface area (Å²) < 4.78 is 1.89. The molecular formula is C12H20ClN3O. The van der Waals surface area contributed by atoms with Gasteiger partial charge in [0.2, 0.25) is 0 Å². The SMILES string of the molecule is CCC(=O)CCc1c(Cl)cnn1CCN(C)C. The fourth-order valence-electron chi connectivity index (χ4n) is 1.56. The van der Waals surface area contributed by atoms with Gasteiger partial charge < -0.3 is 4.90 Å². The lowest BCUT2D eigenvalue weighted by Gasteiger charge is -2.12. The molecule has 0 saturated heterocycles. The number of hydrogen-bond donors (Lipinski definition) is 0. The number of ketones is 1. The first-order chi connectivity index (χ1) is 8.04. The fraction of sp³-hybridized carbons (Fsp3) is 0.667. The lowest BCUT2D eigenvalue weighted by atomic mass is 10.1. The van der Waals surface area contributed by atoms with Crippen LogP contribution in [-0.4, -0.2) is 41.1 Å². The molecule has 0 aliphatic carbocycles. The number of likely N-dealkylation sites (N-methyl/N-ethyl adjacent to an activating group) is 1. The normalized spacial score (nSPS) is 11.1. The van der Waals surface area contributed by atoms with Crippen LogP contribution >= 0.6 is 11.6 Å². The second-order valence-corrected chi connectivity index (χ2v) is 4.77. The zero-order valence-electron chi connectivity index (χ0n) is 10.7. The molecular weight excluding hydrogens is 238 g/mol. The fourth-order valence-corrected chi connectivity index (χ4v) is 1.79. The Kier molecular flexibility index (Phi) is 5.65. The highest BCUT2D eigenvalue weighted by Crippen LogP contribution is 2.17. The second kappa shape index (κ2) is 6.77. The zero-order chi connectivity index (χ0) is 12.8. The molecule has 0 bridgehead atoms. The van der Waals surface area contributed by atoms with Gasteiger partial charge in [-0.05, 0) is 20.5 Å². The molecule has 0 amide bonds. The Morgan fingerprint density at radius 2 is 2.24 bits per heavy atom. The molecule has 0 aliphatic heterocycles. The van der Waals surface area contributed by atoms with E-state index in [1.165, 1.54) is 0 Å². The minimum atomic E-state index is 0.265. The van der Waals surface area contributed by atoms with Crippen molar-refractivity contribution >= 4 is 17.4 Å². The van der Waals surface area contributed by atoms with Crippen LogP contribution < -0.4 is 0 Å². The van der Waals surface area contributed by atoms with Crippen molar-refractivity contribution in [1.29, 1.82) is 0 Å². The summed E-state index contributed by atoms with van der Waals surface area (Å²) in [5.41, 5.74) is 0.968. The first kappa shape index (κ1) is 14.2. The van der Waals surface area contributed by atoms with Crippen molar-refractivity contribution in [2.45, 2.75) is 32.7 Å². The highest BCUT2D eigenvalue weighted by molar-refractivity contribution is 6.31. The average molecular weight is 258 g/mol. The predicted molar refractivity (Wildman–Crippen MR) is 69.4 cm³/mol. The van der Waals surface area contributed by atoms with E-state index in [0.29, 0.717) is 24.3 Å². The lowest BCUT2D eigenvalue weighted by Crippen LogP contribution is -2.20. The van der Waals surface area contributed by atoms with E-state index >= 15 is 0 Å². The van der Waals surface area contributed by atoms with E-state index < -0.39 is 0 Å². The van der Waals surface area contributed by atoms with E-state index in [4.69, 9.17) is 11.6 Å². The van der Waals surface area contributed by atoms with Gasteiger partial charge in [-0.2, -0.15) is 5.10 Å². The summed E-state index contributed by atoms with van der Waals surface area (Å²) in [7, 11) is 4.04. The van der Waals surface area contributed by atoms with Crippen LogP contribution in [0.25, 0.3) is 0 Å². The van der Waals surface area contributed by atoms with Gasteiger partial charge in [0, 0.05) is 19.4 Å². The minimum Gasteiger partial charge on any atom is -0.308 e. The summed E-state index contributed by atoms with van der Waals surface area (Å²) in [6.07, 6.45) is 3.47. The van der Waals surface area contributed by atoms with Crippen molar-refractivity contribution in [3.05, 3.63) is 16.9 Å². The molecule has 0 N–H and O–H groups in total. The van der Waals surface area contributed by atoms with Gasteiger partial charge in [0.05, 0.1) is 23.5 Å². The van der Waals surface area contributed by atoms with E-state index in [1.807, 2.05) is 25.7 Å². The van der Waals surface area contributed by atoms with Gasteiger partial charge in [0.1, 0.15) is 5.78 Å². The van der Waals surface area contributed by atoms with Crippen molar-refractivity contribution in [3.8, 4) is 0 Å². The molecule has 1 rings (SSSR count). The second-order valence-electron chi connectivity index (χ2n) is 4.36. The van der Waals surface area contributed by atoms with Crippen molar-refractivity contribution < 1.29 is 4.79 Å². The Balaban J connectivity index is 2.62. The third kappa shape index (κ3) is 4.48. The van der Waals surface area contributed by atoms with E-state index in [2.05, 4.69) is 10.00 Å². The predicted octanol–water partition coefficient (Wildman–Crippen LogP) is 2.01. The quantitative estimate of drug-likeness (QED) is 0.750. The summed E-state index contributed by atoms with van der Waals surface area (Å²) in [6, 6.07) is 0. The number of Topliss-reactive ketones (excluding diaryl/α,β-unsaturated/α-hetero) is 1. The molecule has 0 saturated carbocycles. The molecule has 0 spiro atoms. The first-order valence-corrected chi connectivity index (χ1v) is 6.29. The first-order valence-electron chi connectivity index (χ1n) is 5.91. The van der Waals surface area contributed by atoms with Crippen molar-refractivity contribution in [1.82, 2.24) is 14.7 Å². The van der Waals surface area contributed by atoms with Crippen LogP contribution in [0.5, 0.6) is 0 Å². The summed E-state index contributed by atoms with van der Waals surface area (Å²) in [5, 5.41) is 4.90. The molecule has 0 unspecified atom stereocenters. The molecule has 0 fully saturated rings. The maximum Gasteiger partial charge on any atom is 0.133 e. The van der Waals surface area contributed by atoms with E-state index in [1.54, 1.807) is 6.20 Å². The number of halogens is 1. The Hall–Kier alpha value is -0.870. The Bertz CT molecular complexity index is 374. The topological polar surface area (TPSA) is 38.1 Å². The summed E-state index contributed by atoms with van der Waals surface area (Å²) in [4.78, 5) is 13.4. The van der Waals surface area contributed by atoms with Gasteiger partial charge >= 0.3 is 0 Å². The zero-order valence-corrected chi connectivity index (χ0v) is 11.5. The maximum atomic E-state index is 11.3. The maximum absolute atomic E-state index is 11.3. The van der Waals surface area contributed by atoms with Crippen molar-refractivity contribution in [3.63, 3.8) is 0 Å². The minimum absolute atomic E-state index is 0.265. The van der Waals surface area contributed by atoms with Crippen LogP contribution in [0, 0.1) is 0 Å². The molecule has 0 aliphatic rings. The van der Waals surface area contributed by atoms with E-state index in [0.717, 1.165) is 18.8 Å². The van der Waals surface area contributed by atoms with Gasteiger partial charge in [-0.15, -0.1) is 0 Å². The third-order valence-corrected chi connectivity index (χ3v) is 3.01. The molecule has 4 nitrogen and oxygen atoms in total. The van der Waals surface area contributed by atoms with Gasteiger partial charge in [-0.3, -0.25) is 9.48 Å². The number of hydrogen-bond acceptors (Lipinski definition) is 3. The van der Waals surface area contributed by atoms with Crippen molar-refractivity contribution in [2.24, 2.45) is 0 Å². The summed E-state index contributed by atoms with van der Waals surface area (Å²) in [6.45, 7) is 3.59. The number of nitrogens with zero attached hydrogens (tertiary/aromatic N) is 3. The molecule has 17 heavy (non-hydrogen) atoms. The van der Waals surface area contributed by atoms with Gasteiger partial charge in [0.25, 0.3) is 0 Å². The van der Waals surface area contributed by atoms with Crippen LogP contribution in [0.1, 0.15) is 25.5 Å². The molecule has 1 heterocycles. The van der Waals surface area contributed by atoms with Crippen LogP contribution in [0.15, 0.2) is 6.20 Å². The summed E-state index contributed by atoms with van der Waals surface area (Å²) in [5.74, 6) is 0.265. The van der Waals surface area contributed by atoms with Gasteiger partial charge in [-0.1, -0.05) is 18.5 Å². The molecule has 5 heteroatoms. The number of carbonyl (C=O) groups is 1. The van der Waals surface area contributed by atoms with Crippen LogP contribution in [0.3, 0.4) is 0 Å². The lowest BCUT2D eigenvalue weighted by molar-refractivity contribution is -0.118. The monoisotopic (exact) mass is 257 g/mol. The van der Waals surface area contributed by atoms with E-state index in [-0.39, 0.29) is 5.78 Å². The van der Waals surface area contributed by atoms with Crippen LogP contribution in [0.2, 0.25) is 5.02 Å². The van der Waals surface area contributed by atoms with E-state index in [9.17, 15) is 4.79 Å². The third-order valence-electron chi connectivity index (χ3n) is 2.69. The van der Waals surface area contributed by atoms with Crippen LogP contribution in [0.4, 0.5) is 0 Å². The molecule has 0 atom stereocenters. The van der Waals surface area contributed by atoms with Crippen LogP contribution in [-0.2, 0) is 17.8 Å². The largest absolute Gasteiger partial charge is 0.308 e. The number of aromatic nitrogens is 2. The Labute approximate surface area is 108 Å². The average Bonchev–Trinajstić information content (AvgIpc) is 2.64. The van der Waals surface area contributed by atoms with Crippen molar-refractivity contribution in [2.75, 3.05) is 20.6 Å². The Morgan fingerprint density at radius 3 is 2.82 bits per heavy atom. The highest BCUT2D eigenvalue weighted by Gasteiger charge is 2.10. The molecule has 0 radical (unpaired) electrons. The van der Waals surface area contributed by atoms with Gasteiger partial charge in [0.15, 0.2) is 0 Å². The number of rotatable bonds is 7.